The first kappa shape index (κ1) is 42.8. The van der Waals surface area contributed by atoms with Crippen LogP contribution in [0.5, 0.6) is 11.5 Å². The summed E-state index contributed by atoms with van der Waals surface area (Å²) < 4.78 is 33.8. The Morgan fingerprint density at radius 3 is 2.30 bits per heavy atom. The quantitative estimate of drug-likeness (QED) is 0.0566. The molecule has 0 fully saturated rings. The topological polar surface area (TPSA) is 226 Å². The number of aliphatic hydroxyl groups excluding tert-OH is 1. The molecule has 1 unspecified atom stereocenters. The Bertz CT molecular complexity index is 3260. The predicted octanol–water partition coefficient (Wildman–Crippen LogP) is 7.52. The third-order valence-corrected chi connectivity index (χ3v) is 12.6. The summed E-state index contributed by atoms with van der Waals surface area (Å²) in [5.41, 5.74) is 11.7. The molecule has 0 aliphatic carbocycles. The molecular weight excluding hydrogens is 833 g/mol. The van der Waals surface area contributed by atoms with Crippen molar-refractivity contribution in [1.29, 1.82) is 0 Å². The molecule has 15 heteroatoms. The van der Waals surface area contributed by atoms with Crippen LogP contribution in [0.3, 0.4) is 0 Å². The lowest BCUT2D eigenvalue weighted by Crippen LogP contribution is -2.21. The first-order chi connectivity index (χ1) is 30.8. The summed E-state index contributed by atoms with van der Waals surface area (Å²) in [6.45, 7) is 2.45. The molecule has 0 saturated heterocycles. The van der Waals surface area contributed by atoms with Crippen LogP contribution >= 0.6 is 0 Å². The fourth-order valence-electron chi connectivity index (χ4n) is 7.49. The van der Waals surface area contributed by atoms with Gasteiger partial charge in [-0.1, -0.05) is 54.6 Å². The zero-order valence-corrected chi connectivity index (χ0v) is 35.4. The fourth-order valence-corrected chi connectivity index (χ4v) is 8.90. The molecule has 6 aromatic carbocycles. The van der Waals surface area contributed by atoms with Crippen LogP contribution in [0.1, 0.15) is 43.5 Å². The average molecular weight is 875 g/mol. The number of aromatic hydroxyl groups is 1. The molecule has 0 bridgehead atoms. The number of fused-ring (bicyclic) bond motifs is 2. The van der Waals surface area contributed by atoms with E-state index in [4.69, 9.17) is 10.5 Å². The SMILES string of the molecule is COc1cccc(Nc2c(C(N)=O)cnc3c(C)cc(S(=O)(=O)c4cccc(C(=O)Nc5ccc(-c6ccc(CNCC(O)c7ccc(O)c8[nH]c(=O)ccc78)cc6)cc5)c4)cc23)c1. The number of sulfone groups is 1. The van der Waals surface area contributed by atoms with E-state index in [2.05, 4.69) is 25.9 Å². The molecule has 322 valence electrons. The Hall–Kier alpha value is -7.85. The van der Waals surface area contributed by atoms with Crippen molar-refractivity contribution in [1.82, 2.24) is 15.3 Å². The molecule has 0 spiro atoms. The zero-order valence-electron chi connectivity index (χ0n) is 34.5. The first-order valence-electron chi connectivity index (χ1n) is 20.0. The third-order valence-electron chi connectivity index (χ3n) is 10.8. The number of carbonyl (C=O) groups excluding carboxylic acids is 2. The number of pyridine rings is 2. The normalized spacial score (nSPS) is 11.9. The Balaban J connectivity index is 0.936. The van der Waals surface area contributed by atoms with Crippen molar-refractivity contribution < 1.29 is 33.0 Å². The van der Waals surface area contributed by atoms with E-state index in [1.165, 1.54) is 61.8 Å². The van der Waals surface area contributed by atoms with Crippen molar-refractivity contribution in [2.75, 3.05) is 24.3 Å². The molecule has 0 radical (unpaired) electrons. The summed E-state index contributed by atoms with van der Waals surface area (Å²) in [7, 11) is -2.66. The maximum absolute atomic E-state index is 14.2. The van der Waals surface area contributed by atoms with Gasteiger partial charge in [-0.25, -0.2) is 8.42 Å². The van der Waals surface area contributed by atoms with Gasteiger partial charge in [0, 0.05) is 59.1 Å². The lowest BCUT2D eigenvalue weighted by Gasteiger charge is -2.16. The van der Waals surface area contributed by atoms with Crippen molar-refractivity contribution in [3.05, 3.63) is 178 Å². The molecule has 1 atom stereocenters. The van der Waals surface area contributed by atoms with Gasteiger partial charge in [0.25, 0.3) is 11.8 Å². The molecule has 2 heterocycles. The minimum absolute atomic E-state index is 0.0642. The predicted molar refractivity (Wildman–Crippen MR) is 246 cm³/mol. The van der Waals surface area contributed by atoms with Crippen molar-refractivity contribution >= 4 is 60.5 Å². The van der Waals surface area contributed by atoms with Crippen LogP contribution in [-0.4, -0.2) is 54.1 Å². The van der Waals surface area contributed by atoms with Gasteiger partial charge in [-0.2, -0.15) is 0 Å². The number of nitrogens with two attached hydrogens (primary N) is 1. The highest BCUT2D eigenvalue weighted by atomic mass is 32.2. The van der Waals surface area contributed by atoms with E-state index in [-0.39, 0.29) is 50.0 Å². The monoisotopic (exact) mass is 874 g/mol. The number of ether oxygens (including phenoxy) is 1. The van der Waals surface area contributed by atoms with Gasteiger partial charge in [0.05, 0.1) is 45.3 Å². The lowest BCUT2D eigenvalue weighted by molar-refractivity contribution is 0.0998. The van der Waals surface area contributed by atoms with E-state index in [1.54, 1.807) is 55.5 Å². The van der Waals surface area contributed by atoms with Crippen LogP contribution in [-0.2, 0) is 16.4 Å². The molecule has 8 N–H and O–H groups in total. The molecular formula is C49H42N6O8S. The number of aromatic amines is 1. The molecule has 8 rings (SSSR count). The number of phenolic OH excluding ortho intramolecular Hbond substituents is 1. The standard InChI is InChI=1S/C49H42N6O8S/c1-28-21-37(24-40-45(28)52-26-41(48(50)59)46(40)53-34-6-4-7-35(23-34)63-2)64(61,62)36-8-3-5-32(22-36)49(60)54-33-15-13-31(14-16-33)30-11-9-29(10-12-30)25-51-27-43(57)38-17-19-42(56)47-39(38)18-20-44(58)55-47/h3-24,26,43,51,56-57H,25,27H2,1-2H3,(H2,50,59)(H,52,53)(H,54,60)(H,55,58). The second-order valence-corrected chi connectivity index (χ2v) is 17.0. The Morgan fingerprint density at radius 1 is 0.828 bits per heavy atom. The van der Waals surface area contributed by atoms with E-state index >= 15 is 0 Å². The molecule has 64 heavy (non-hydrogen) atoms. The summed E-state index contributed by atoms with van der Waals surface area (Å²) in [6, 6.07) is 36.9. The number of amides is 2. The van der Waals surface area contributed by atoms with Gasteiger partial charge in [-0.05, 0) is 101 Å². The van der Waals surface area contributed by atoms with E-state index in [0.29, 0.717) is 51.1 Å². The smallest absolute Gasteiger partial charge is 0.255 e. The molecule has 2 aromatic heterocycles. The van der Waals surface area contributed by atoms with E-state index in [0.717, 1.165) is 16.7 Å². The number of methoxy groups -OCH3 is 1. The van der Waals surface area contributed by atoms with Gasteiger partial charge in [-0.15, -0.1) is 0 Å². The third kappa shape index (κ3) is 8.89. The van der Waals surface area contributed by atoms with Gasteiger partial charge >= 0.3 is 0 Å². The van der Waals surface area contributed by atoms with Gasteiger partial charge in [-0.3, -0.25) is 19.4 Å². The van der Waals surface area contributed by atoms with Crippen LogP contribution in [0.4, 0.5) is 17.1 Å². The summed E-state index contributed by atoms with van der Waals surface area (Å²) in [5, 5.41) is 31.3. The van der Waals surface area contributed by atoms with Crippen LogP contribution in [0.25, 0.3) is 32.9 Å². The minimum Gasteiger partial charge on any atom is -0.506 e. The van der Waals surface area contributed by atoms with Crippen molar-refractivity contribution in [2.45, 2.75) is 29.4 Å². The largest absolute Gasteiger partial charge is 0.506 e. The van der Waals surface area contributed by atoms with Crippen LogP contribution < -0.4 is 32.0 Å². The van der Waals surface area contributed by atoms with E-state index < -0.39 is 27.8 Å². The van der Waals surface area contributed by atoms with Crippen LogP contribution in [0.2, 0.25) is 0 Å². The Labute approximate surface area is 367 Å². The van der Waals surface area contributed by atoms with Gasteiger partial charge in [0.15, 0.2) is 0 Å². The summed E-state index contributed by atoms with van der Waals surface area (Å²) >= 11 is 0. The molecule has 0 saturated carbocycles. The second kappa shape index (κ2) is 17.9. The summed E-state index contributed by atoms with van der Waals surface area (Å²) in [6.07, 6.45) is 0.472. The first-order valence-corrected chi connectivity index (χ1v) is 21.5. The number of anilines is 3. The molecule has 8 aromatic rings. The highest BCUT2D eigenvalue weighted by Crippen LogP contribution is 2.35. The van der Waals surface area contributed by atoms with Crippen LogP contribution in [0, 0.1) is 6.92 Å². The fraction of sp³-hybridized carbons (Fsp3) is 0.102. The number of rotatable bonds is 14. The maximum atomic E-state index is 14.2. The number of carbonyl (C=O) groups is 2. The van der Waals surface area contributed by atoms with Gasteiger partial charge in [0.1, 0.15) is 11.5 Å². The summed E-state index contributed by atoms with van der Waals surface area (Å²) in [5.74, 6) is -0.760. The number of nitrogens with one attached hydrogen (secondary N) is 4. The number of nitrogens with zero attached hydrogens (tertiary/aromatic N) is 1. The Kier molecular flexibility index (Phi) is 12.0. The minimum atomic E-state index is -4.19. The van der Waals surface area contributed by atoms with Gasteiger partial charge < -0.3 is 41.6 Å². The zero-order chi connectivity index (χ0) is 45.1. The van der Waals surface area contributed by atoms with Crippen LogP contribution in [0.15, 0.2) is 154 Å². The van der Waals surface area contributed by atoms with Crippen molar-refractivity contribution in [2.24, 2.45) is 5.73 Å². The number of hydrogen-bond acceptors (Lipinski definition) is 11. The molecule has 0 aliphatic rings. The van der Waals surface area contributed by atoms with Gasteiger partial charge in [0.2, 0.25) is 15.4 Å². The Morgan fingerprint density at radius 2 is 1.56 bits per heavy atom. The summed E-state index contributed by atoms with van der Waals surface area (Å²) in [4.78, 5) is 44.7. The number of aliphatic hydroxyl groups is 1. The number of phenols is 1. The number of benzene rings is 6. The highest BCUT2D eigenvalue weighted by Gasteiger charge is 2.24. The van der Waals surface area contributed by atoms with E-state index in [9.17, 15) is 33.0 Å². The lowest BCUT2D eigenvalue weighted by atomic mass is 10.0. The van der Waals surface area contributed by atoms with E-state index in [1.807, 2.05) is 36.4 Å². The molecule has 0 aliphatic heterocycles. The number of H-pyrrole nitrogens is 1. The number of primary amides is 1. The molecule has 2 amide bonds. The second-order valence-electron chi connectivity index (χ2n) is 15.1. The molecule has 14 nitrogen and oxygen atoms in total. The number of hydrogen-bond donors (Lipinski definition) is 7. The van der Waals surface area contributed by atoms with Crippen molar-refractivity contribution in [3.8, 4) is 22.6 Å². The highest BCUT2D eigenvalue weighted by molar-refractivity contribution is 7.91. The number of aromatic nitrogens is 2. The number of aryl methyl sites for hydroxylation is 1. The average Bonchev–Trinajstić information content (AvgIpc) is 3.30. The maximum Gasteiger partial charge on any atom is 0.255 e. The van der Waals surface area contributed by atoms with Crippen molar-refractivity contribution in [3.63, 3.8) is 0 Å².